The van der Waals surface area contributed by atoms with E-state index in [1.807, 2.05) is 13.8 Å². The van der Waals surface area contributed by atoms with Crippen molar-refractivity contribution in [3.8, 4) is 0 Å². The Morgan fingerprint density at radius 3 is 2.33 bits per heavy atom. The fourth-order valence-electron chi connectivity index (χ4n) is 1.05. The smallest absolute Gasteiger partial charge is 0.288 e. The minimum atomic E-state index is -0.593. The van der Waals surface area contributed by atoms with E-state index in [0.717, 1.165) is 22.7 Å². The Morgan fingerprint density at radius 2 is 1.87 bits per heavy atom. The molecule has 0 N–H and O–H groups in total. The van der Waals surface area contributed by atoms with Gasteiger partial charge in [0.25, 0.3) is 4.06 Å². The molecule has 15 heavy (non-hydrogen) atoms. The van der Waals surface area contributed by atoms with Crippen molar-refractivity contribution in [2.45, 2.75) is 20.1 Å². The minimum absolute atomic E-state index is 0.114. The normalized spacial score (nSPS) is 10.9. The molecule has 1 aromatic heterocycles. The van der Waals surface area contributed by atoms with Crippen LogP contribution in [0.2, 0.25) is 0 Å². The molecule has 0 fully saturated rings. The summed E-state index contributed by atoms with van der Waals surface area (Å²) < 4.78 is 10.5. The van der Waals surface area contributed by atoms with Crippen molar-refractivity contribution in [2.24, 2.45) is 0 Å². The summed E-state index contributed by atoms with van der Waals surface area (Å²) in [7, 11) is 0. The molecule has 0 aliphatic rings. The van der Waals surface area contributed by atoms with Gasteiger partial charge in [-0.1, -0.05) is 22.7 Å². The summed E-state index contributed by atoms with van der Waals surface area (Å²) in [6, 6.07) is 0. The lowest BCUT2D eigenvalue weighted by atomic mass is 10.4. The van der Waals surface area contributed by atoms with Crippen LogP contribution in [0.5, 0.6) is 0 Å². The van der Waals surface area contributed by atoms with Gasteiger partial charge in [-0.25, -0.2) is 0 Å². The lowest BCUT2D eigenvalue weighted by Gasteiger charge is -2.15. The lowest BCUT2D eigenvalue weighted by molar-refractivity contribution is -0.138. The first-order valence-electron chi connectivity index (χ1n) is 4.55. The molecule has 4 nitrogen and oxygen atoms in total. The van der Waals surface area contributed by atoms with Crippen molar-refractivity contribution in [3.63, 3.8) is 0 Å². The zero-order valence-electron chi connectivity index (χ0n) is 8.52. The maximum Gasteiger partial charge on any atom is 0.288 e. The highest BCUT2D eigenvalue weighted by molar-refractivity contribution is 7.28. The van der Waals surface area contributed by atoms with Gasteiger partial charge in [0.15, 0.2) is 12.6 Å². The van der Waals surface area contributed by atoms with E-state index in [1.54, 1.807) is 0 Å². The summed E-state index contributed by atoms with van der Waals surface area (Å²) in [5.41, 5.74) is 0. The zero-order chi connectivity index (χ0) is 11.3. The Labute approximate surface area is 95.5 Å². The van der Waals surface area contributed by atoms with Crippen LogP contribution in [-0.4, -0.2) is 19.5 Å². The molecule has 84 valence electrons. The van der Waals surface area contributed by atoms with Gasteiger partial charge in [0.1, 0.15) is 0 Å². The fraction of sp³-hybridized carbons (Fsp3) is 0.556. The van der Waals surface area contributed by atoms with Crippen LogP contribution in [-0.2, 0) is 9.47 Å². The Hall–Kier alpha value is -0.560. The first-order chi connectivity index (χ1) is 7.22. The Morgan fingerprint density at radius 1 is 1.27 bits per heavy atom. The third-order valence-corrected chi connectivity index (χ3v) is 3.72. The van der Waals surface area contributed by atoms with Crippen molar-refractivity contribution in [2.75, 3.05) is 13.2 Å². The number of carbonyl (C=O) groups excluding carboxylic acids is 1. The zero-order valence-corrected chi connectivity index (χ0v) is 10.2. The van der Waals surface area contributed by atoms with E-state index < -0.39 is 6.29 Å². The van der Waals surface area contributed by atoms with Gasteiger partial charge in [0.2, 0.25) is 0 Å². The predicted octanol–water partition coefficient (Wildman–Crippen LogP) is 2.05. The van der Waals surface area contributed by atoms with Gasteiger partial charge in [-0.05, 0) is 13.8 Å². The van der Waals surface area contributed by atoms with Gasteiger partial charge in [-0.15, -0.1) is 0 Å². The first-order valence-corrected chi connectivity index (χ1v) is 6.18. The monoisotopic (exact) mass is 248 g/mol. The minimum Gasteiger partial charge on any atom is -0.348 e. The highest BCUT2D eigenvalue weighted by Crippen LogP contribution is 2.27. The van der Waals surface area contributed by atoms with Gasteiger partial charge in [0, 0.05) is 13.2 Å². The first kappa shape index (κ1) is 12.5. The molecule has 6 heteroatoms. The van der Waals surface area contributed by atoms with Gasteiger partial charge in [-0.3, -0.25) is 9.59 Å². The van der Waals surface area contributed by atoms with E-state index in [0.29, 0.717) is 29.3 Å². The van der Waals surface area contributed by atoms with E-state index in [4.69, 9.17) is 9.47 Å². The second-order valence-electron chi connectivity index (χ2n) is 2.54. The Bertz CT molecular complexity index is 362. The van der Waals surface area contributed by atoms with Gasteiger partial charge in [0.05, 0.1) is 9.75 Å². The van der Waals surface area contributed by atoms with Crippen LogP contribution in [0.4, 0.5) is 0 Å². The summed E-state index contributed by atoms with van der Waals surface area (Å²) in [6.45, 7) is 4.61. The van der Waals surface area contributed by atoms with Crippen molar-refractivity contribution < 1.29 is 14.3 Å². The van der Waals surface area contributed by atoms with E-state index in [1.165, 1.54) is 0 Å². The summed E-state index contributed by atoms with van der Waals surface area (Å²) in [5.74, 6) is 0. The summed E-state index contributed by atoms with van der Waals surface area (Å²) in [6.07, 6.45) is 0.0762. The molecule has 0 bridgehead atoms. The molecular formula is C9H12O4S2. The molecule has 1 rings (SSSR count). The predicted molar refractivity (Wildman–Crippen MR) is 59.8 cm³/mol. The molecule has 0 saturated carbocycles. The third kappa shape index (κ3) is 3.20. The quantitative estimate of drug-likeness (QED) is 0.571. The molecule has 1 aromatic rings. The highest BCUT2D eigenvalue weighted by atomic mass is 32.2. The van der Waals surface area contributed by atoms with Crippen LogP contribution in [0.1, 0.15) is 34.7 Å². The molecule has 0 spiro atoms. The van der Waals surface area contributed by atoms with Crippen LogP contribution < -0.4 is 4.06 Å². The Kier molecular flexibility index (Phi) is 5.10. The van der Waals surface area contributed by atoms with Crippen LogP contribution in [0.3, 0.4) is 0 Å². The molecular weight excluding hydrogens is 236 g/mol. The van der Waals surface area contributed by atoms with Crippen LogP contribution >= 0.6 is 22.7 Å². The number of rotatable bonds is 6. The van der Waals surface area contributed by atoms with E-state index in [-0.39, 0.29) is 4.06 Å². The van der Waals surface area contributed by atoms with E-state index >= 15 is 0 Å². The summed E-state index contributed by atoms with van der Waals surface area (Å²) in [5, 5.41) is 0. The molecule has 0 saturated heterocycles. The number of ether oxygens (including phenoxy) is 2. The van der Waals surface area contributed by atoms with E-state index in [9.17, 15) is 9.59 Å². The maximum absolute atomic E-state index is 11.1. The number of aldehydes is 1. The fourth-order valence-corrected chi connectivity index (χ4v) is 2.99. The lowest BCUT2D eigenvalue weighted by Crippen LogP contribution is -2.08. The Balaban J connectivity index is 2.97. The van der Waals surface area contributed by atoms with Crippen LogP contribution in [0.15, 0.2) is 4.79 Å². The molecule has 0 atom stereocenters. The second kappa shape index (κ2) is 6.12. The van der Waals surface area contributed by atoms with Crippen LogP contribution in [0, 0.1) is 0 Å². The molecule has 0 radical (unpaired) electrons. The number of hydrogen-bond acceptors (Lipinski definition) is 6. The van der Waals surface area contributed by atoms with Gasteiger partial charge in [-0.2, -0.15) is 0 Å². The van der Waals surface area contributed by atoms with Crippen molar-refractivity contribution in [3.05, 3.63) is 18.6 Å². The number of hydrogen-bond donors (Lipinski definition) is 0. The topological polar surface area (TPSA) is 52.6 Å². The van der Waals surface area contributed by atoms with Crippen molar-refractivity contribution in [1.29, 1.82) is 0 Å². The molecule has 0 aliphatic heterocycles. The highest BCUT2D eigenvalue weighted by Gasteiger charge is 2.19. The second-order valence-corrected chi connectivity index (χ2v) is 4.83. The maximum atomic E-state index is 11.1. The van der Waals surface area contributed by atoms with Crippen molar-refractivity contribution in [1.82, 2.24) is 0 Å². The molecule has 0 unspecified atom stereocenters. The standard InChI is InChI=1S/C9H12O4S2/c1-3-12-8(13-4-2)7-6(5-10)14-9(11)15-7/h5,8H,3-4H2,1-2H3. The number of carbonyl (C=O) groups is 1. The van der Waals surface area contributed by atoms with E-state index in [2.05, 4.69) is 0 Å². The molecule has 0 aromatic carbocycles. The molecule has 0 aliphatic carbocycles. The average Bonchev–Trinajstić information content (AvgIpc) is 2.59. The van der Waals surface area contributed by atoms with Crippen molar-refractivity contribution >= 4 is 29.0 Å². The third-order valence-electron chi connectivity index (χ3n) is 1.59. The largest absolute Gasteiger partial charge is 0.348 e. The average molecular weight is 248 g/mol. The summed E-state index contributed by atoms with van der Waals surface area (Å²) >= 11 is 1.94. The molecule has 0 amide bonds. The summed E-state index contributed by atoms with van der Waals surface area (Å²) in [4.78, 5) is 22.8. The van der Waals surface area contributed by atoms with Crippen LogP contribution in [0.25, 0.3) is 0 Å². The molecule has 1 heterocycles. The van der Waals surface area contributed by atoms with Gasteiger partial charge < -0.3 is 9.47 Å². The SMILES string of the molecule is CCOC(OCC)c1sc(=O)sc1C=O. The van der Waals surface area contributed by atoms with Gasteiger partial charge >= 0.3 is 0 Å².